The summed E-state index contributed by atoms with van der Waals surface area (Å²) >= 11 is 0. The zero-order chi connectivity index (χ0) is 15.0. The maximum absolute atomic E-state index is 13.6. The van der Waals surface area contributed by atoms with Gasteiger partial charge in [0.05, 0.1) is 5.69 Å². The van der Waals surface area contributed by atoms with E-state index in [0.717, 1.165) is 6.07 Å². The first-order chi connectivity index (χ1) is 9.95. The predicted molar refractivity (Wildman–Crippen MR) is 76.0 cm³/mol. The Morgan fingerprint density at radius 2 is 1.95 bits per heavy atom. The summed E-state index contributed by atoms with van der Waals surface area (Å²) in [4.78, 5) is 3.72. The Morgan fingerprint density at radius 3 is 2.71 bits per heavy atom. The fraction of sp³-hybridized carbons (Fsp3) is 0.0714. The van der Waals surface area contributed by atoms with E-state index in [1.807, 2.05) is 0 Å². The number of oxazole rings is 1. The highest BCUT2D eigenvalue weighted by Crippen LogP contribution is 2.23. The van der Waals surface area contributed by atoms with Gasteiger partial charge in [-0.3, -0.25) is 4.72 Å². The number of hydrogen-bond acceptors (Lipinski definition) is 4. The minimum absolute atomic E-state index is 0.291. The van der Waals surface area contributed by atoms with Crippen molar-refractivity contribution in [1.82, 2.24) is 4.98 Å². The Hall–Kier alpha value is -2.41. The molecule has 3 rings (SSSR count). The summed E-state index contributed by atoms with van der Waals surface area (Å²) in [6.07, 6.45) is 0. The summed E-state index contributed by atoms with van der Waals surface area (Å²) in [5.41, 5.74) is 1.38. The van der Waals surface area contributed by atoms with Crippen LogP contribution in [0.15, 0.2) is 51.8 Å². The van der Waals surface area contributed by atoms with Crippen LogP contribution in [0, 0.1) is 12.7 Å². The first-order valence-corrected chi connectivity index (χ1v) is 7.58. The number of fused-ring (bicyclic) bond motifs is 1. The Kier molecular flexibility index (Phi) is 3.13. The van der Waals surface area contributed by atoms with E-state index in [0.29, 0.717) is 22.7 Å². The number of sulfonamides is 1. The number of aryl methyl sites for hydroxylation is 1. The largest absolute Gasteiger partial charge is 0.441 e. The lowest BCUT2D eigenvalue weighted by atomic mass is 10.3. The molecule has 21 heavy (non-hydrogen) atoms. The number of hydrogen-bond donors (Lipinski definition) is 1. The van der Waals surface area contributed by atoms with Crippen LogP contribution in [0.3, 0.4) is 0 Å². The second-order valence-corrected chi connectivity index (χ2v) is 6.10. The molecule has 0 spiro atoms. The number of nitrogens with zero attached hydrogens (tertiary/aromatic N) is 1. The molecule has 1 N–H and O–H groups in total. The van der Waals surface area contributed by atoms with Crippen molar-refractivity contribution in [2.45, 2.75) is 11.8 Å². The summed E-state index contributed by atoms with van der Waals surface area (Å²) in [5.74, 6) is -0.317. The lowest BCUT2D eigenvalue weighted by Crippen LogP contribution is -2.14. The molecule has 0 aliphatic carbocycles. The smallest absolute Gasteiger partial charge is 0.264 e. The molecule has 5 nitrogen and oxygen atoms in total. The first kappa shape index (κ1) is 13.6. The highest BCUT2D eigenvalue weighted by atomic mass is 32.2. The Balaban J connectivity index is 1.99. The van der Waals surface area contributed by atoms with Gasteiger partial charge in [-0.2, -0.15) is 0 Å². The fourth-order valence-corrected chi connectivity index (χ4v) is 3.11. The second kappa shape index (κ2) is 4.85. The van der Waals surface area contributed by atoms with Crippen molar-refractivity contribution in [2.75, 3.05) is 4.72 Å². The molecule has 3 aromatic rings. The van der Waals surface area contributed by atoms with Gasteiger partial charge >= 0.3 is 0 Å². The Labute approximate surface area is 120 Å². The first-order valence-electron chi connectivity index (χ1n) is 6.10. The van der Waals surface area contributed by atoms with Gasteiger partial charge in [0.25, 0.3) is 10.0 Å². The van der Waals surface area contributed by atoms with Crippen molar-refractivity contribution in [3.63, 3.8) is 0 Å². The van der Waals surface area contributed by atoms with E-state index >= 15 is 0 Å². The topological polar surface area (TPSA) is 72.2 Å². The third-order valence-electron chi connectivity index (χ3n) is 2.87. The van der Waals surface area contributed by atoms with Crippen molar-refractivity contribution >= 4 is 26.8 Å². The Morgan fingerprint density at radius 1 is 1.19 bits per heavy atom. The fourth-order valence-electron chi connectivity index (χ4n) is 1.98. The lowest BCUT2D eigenvalue weighted by Gasteiger charge is -2.08. The van der Waals surface area contributed by atoms with Crippen LogP contribution >= 0.6 is 0 Å². The summed E-state index contributed by atoms with van der Waals surface area (Å²) in [7, 11) is -3.99. The van der Waals surface area contributed by atoms with Crippen LogP contribution in [0.4, 0.5) is 10.1 Å². The zero-order valence-electron chi connectivity index (χ0n) is 11.0. The van der Waals surface area contributed by atoms with E-state index in [4.69, 9.17) is 4.42 Å². The minimum atomic E-state index is -3.99. The van der Waals surface area contributed by atoms with E-state index in [1.54, 1.807) is 13.0 Å². The van der Waals surface area contributed by atoms with Gasteiger partial charge in [0, 0.05) is 6.92 Å². The molecular formula is C14H11FN2O3S. The summed E-state index contributed by atoms with van der Waals surface area (Å²) in [6.45, 7) is 1.70. The molecule has 1 aromatic heterocycles. The van der Waals surface area contributed by atoms with Crippen LogP contribution in [-0.2, 0) is 10.0 Å². The molecule has 0 amide bonds. The molecule has 7 heteroatoms. The van der Waals surface area contributed by atoms with E-state index in [1.165, 1.54) is 30.3 Å². The molecule has 1 heterocycles. The van der Waals surface area contributed by atoms with Crippen molar-refractivity contribution in [3.8, 4) is 0 Å². The van der Waals surface area contributed by atoms with Gasteiger partial charge in [0.2, 0.25) is 0 Å². The third kappa shape index (κ3) is 2.59. The minimum Gasteiger partial charge on any atom is -0.441 e. The SMILES string of the molecule is Cc1nc2cc(NS(=O)(=O)c3ccccc3F)ccc2o1. The maximum Gasteiger partial charge on any atom is 0.264 e. The molecule has 0 bridgehead atoms. The number of aromatic nitrogens is 1. The van der Waals surface area contributed by atoms with E-state index in [-0.39, 0.29) is 0 Å². The molecule has 0 saturated heterocycles. The molecule has 0 aliphatic rings. The zero-order valence-corrected chi connectivity index (χ0v) is 11.8. The average molecular weight is 306 g/mol. The second-order valence-electron chi connectivity index (χ2n) is 4.45. The normalized spacial score (nSPS) is 11.7. The van der Waals surface area contributed by atoms with Gasteiger partial charge in [0.15, 0.2) is 11.5 Å². The van der Waals surface area contributed by atoms with Crippen molar-refractivity contribution in [1.29, 1.82) is 0 Å². The van der Waals surface area contributed by atoms with Gasteiger partial charge in [-0.1, -0.05) is 12.1 Å². The molecule has 0 unspecified atom stereocenters. The molecule has 0 saturated carbocycles. The molecule has 0 atom stereocenters. The lowest BCUT2D eigenvalue weighted by molar-refractivity contribution is 0.561. The van der Waals surface area contributed by atoms with Crippen LogP contribution < -0.4 is 4.72 Å². The molecule has 0 fully saturated rings. The number of anilines is 1. The average Bonchev–Trinajstić information content (AvgIpc) is 2.78. The van der Waals surface area contributed by atoms with Crippen molar-refractivity contribution < 1.29 is 17.2 Å². The van der Waals surface area contributed by atoms with Crippen molar-refractivity contribution in [3.05, 3.63) is 54.2 Å². The van der Waals surface area contributed by atoms with Gasteiger partial charge in [-0.25, -0.2) is 17.8 Å². The molecule has 0 radical (unpaired) electrons. The van der Waals surface area contributed by atoms with Gasteiger partial charge in [-0.15, -0.1) is 0 Å². The van der Waals surface area contributed by atoms with E-state index < -0.39 is 20.7 Å². The van der Waals surface area contributed by atoms with E-state index in [2.05, 4.69) is 9.71 Å². The maximum atomic E-state index is 13.6. The quantitative estimate of drug-likeness (QED) is 0.807. The van der Waals surface area contributed by atoms with Gasteiger partial charge < -0.3 is 4.42 Å². The van der Waals surface area contributed by atoms with Crippen molar-refractivity contribution in [2.24, 2.45) is 0 Å². The summed E-state index contributed by atoms with van der Waals surface area (Å²) in [5, 5.41) is 0. The number of nitrogens with one attached hydrogen (secondary N) is 1. The van der Waals surface area contributed by atoms with E-state index in [9.17, 15) is 12.8 Å². The highest BCUT2D eigenvalue weighted by Gasteiger charge is 2.18. The van der Waals surface area contributed by atoms with Crippen LogP contribution in [0.1, 0.15) is 5.89 Å². The van der Waals surface area contributed by atoms with Crippen LogP contribution in [0.5, 0.6) is 0 Å². The third-order valence-corrected chi connectivity index (χ3v) is 4.29. The number of rotatable bonds is 3. The summed E-state index contributed by atoms with van der Waals surface area (Å²) in [6, 6.07) is 9.86. The van der Waals surface area contributed by atoms with Crippen LogP contribution in [0.25, 0.3) is 11.1 Å². The van der Waals surface area contributed by atoms with Gasteiger partial charge in [-0.05, 0) is 30.3 Å². The molecule has 2 aromatic carbocycles. The highest BCUT2D eigenvalue weighted by molar-refractivity contribution is 7.92. The monoisotopic (exact) mass is 306 g/mol. The molecule has 0 aliphatic heterocycles. The summed E-state index contributed by atoms with van der Waals surface area (Å²) < 4.78 is 45.6. The standard InChI is InChI=1S/C14H11FN2O3S/c1-9-16-12-8-10(6-7-13(12)20-9)17-21(18,19)14-5-3-2-4-11(14)15/h2-8,17H,1H3. The number of benzene rings is 2. The predicted octanol–water partition coefficient (Wildman–Crippen LogP) is 3.08. The molecular weight excluding hydrogens is 295 g/mol. The molecule has 108 valence electrons. The number of halogens is 1. The van der Waals surface area contributed by atoms with Gasteiger partial charge in [0.1, 0.15) is 16.2 Å². The van der Waals surface area contributed by atoms with Crippen LogP contribution in [0.2, 0.25) is 0 Å². The Bertz CT molecular complexity index is 919. The van der Waals surface area contributed by atoms with Crippen LogP contribution in [-0.4, -0.2) is 13.4 Å².